The summed E-state index contributed by atoms with van der Waals surface area (Å²) in [4.78, 5) is 28.2. The molecule has 1 aromatic heterocycles. The zero-order chi connectivity index (χ0) is 18.2. The van der Waals surface area contributed by atoms with Crippen LogP contribution in [0.1, 0.15) is 11.3 Å². The van der Waals surface area contributed by atoms with Crippen LogP contribution in [0.25, 0.3) is 0 Å². The highest BCUT2D eigenvalue weighted by Crippen LogP contribution is 2.22. The van der Waals surface area contributed by atoms with Gasteiger partial charge in [-0.15, -0.1) is 0 Å². The molecule has 25 heavy (non-hydrogen) atoms. The van der Waals surface area contributed by atoms with E-state index in [0.29, 0.717) is 12.5 Å². The van der Waals surface area contributed by atoms with E-state index in [1.807, 2.05) is 19.2 Å². The Labute approximate surface area is 147 Å². The maximum Gasteiger partial charge on any atom is 0.317 e. The second kappa shape index (κ2) is 9.45. The Morgan fingerprint density at radius 2 is 2.16 bits per heavy atom. The van der Waals surface area contributed by atoms with Gasteiger partial charge in [-0.05, 0) is 18.6 Å². The zero-order valence-electron chi connectivity index (χ0n) is 14.4. The second-order valence-corrected chi connectivity index (χ2v) is 6.43. The first kappa shape index (κ1) is 19.3. The van der Waals surface area contributed by atoms with Gasteiger partial charge in [-0.1, -0.05) is 6.07 Å². The van der Waals surface area contributed by atoms with Crippen molar-refractivity contribution in [2.45, 2.75) is 19.5 Å². The molecule has 3 rings (SSSR count). The molecule has 3 heterocycles. The van der Waals surface area contributed by atoms with Crippen LogP contribution in [0.4, 0.5) is 0 Å². The van der Waals surface area contributed by atoms with E-state index < -0.39 is 5.97 Å². The molecule has 0 spiro atoms. The summed E-state index contributed by atoms with van der Waals surface area (Å²) in [5.41, 5.74) is 2.30. The van der Waals surface area contributed by atoms with Crippen LogP contribution < -0.4 is 0 Å². The van der Waals surface area contributed by atoms with E-state index in [2.05, 4.69) is 20.9 Å². The lowest BCUT2D eigenvalue weighted by molar-refractivity contribution is -0.138. The van der Waals surface area contributed by atoms with Gasteiger partial charge >= 0.3 is 5.97 Å². The number of pyridine rings is 1. The minimum absolute atomic E-state index is 0.118. The number of nitrogens with zero attached hydrogens (tertiary/aromatic N) is 3. The van der Waals surface area contributed by atoms with Crippen LogP contribution in [0.3, 0.4) is 0 Å². The SMILES string of the molecule is Cc1ncccc1CN1C[C@H]2COC[C@@H]1CN(CC(=O)O)C2.O=CO. The number of aliphatic carboxylic acids is 1. The molecule has 2 atom stereocenters. The number of carboxylic acids is 1. The van der Waals surface area contributed by atoms with E-state index in [1.165, 1.54) is 5.56 Å². The molecular weight excluding hydrogens is 326 g/mol. The van der Waals surface area contributed by atoms with Gasteiger partial charge in [-0.2, -0.15) is 0 Å². The minimum atomic E-state index is -0.754. The summed E-state index contributed by atoms with van der Waals surface area (Å²) >= 11 is 0. The summed E-state index contributed by atoms with van der Waals surface area (Å²) in [6.07, 6.45) is 1.82. The Hall–Kier alpha value is -2.03. The van der Waals surface area contributed by atoms with Crippen molar-refractivity contribution >= 4 is 12.4 Å². The fourth-order valence-electron chi connectivity index (χ4n) is 3.44. The van der Waals surface area contributed by atoms with Crippen molar-refractivity contribution in [2.24, 2.45) is 5.92 Å². The molecule has 0 aromatic carbocycles. The molecule has 2 aliphatic heterocycles. The van der Waals surface area contributed by atoms with Gasteiger partial charge in [-0.25, -0.2) is 0 Å². The number of fused-ring (bicyclic) bond motifs is 3. The summed E-state index contributed by atoms with van der Waals surface area (Å²) in [6.45, 7) is 6.65. The molecule has 0 unspecified atom stereocenters. The second-order valence-electron chi connectivity index (χ2n) is 6.43. The minimum Gasteiger partial charge on any atom is -0.483 e. The maximum absolute atomic E-state index is 11.0. The number of rotatable bonds is 4. The van der Waals surface area contributed by atoms with Crippen LogP contribution in [0.2, 0.25) is 0 Å². The summed E-state index contributed by atoms with van der Waals surface area (Å²) in [5, 5.41) is 16.0. The lowest BCUT2D eigenvalue weighted by atomic mass is 10.1. The molecule has 2 bridgehead atoms. The Morgan fingerprint density at radius 1 is 1.40 bits per heavy atom. The van der Waals surface area contributed by atoms with Gasteiger partial charge in [0.1, 0.15) is 0 Å². The molecular formula is C17H25N3O5. The first-order valence-corrected chi connectivity index (χ1v) is 8.27. The van der Waals surface area contributed by atoms with E-state index in [4.69, 9.17) is 19.7 Å². The first-order valence-electron chi connectivity index (χ1n) is 8.27. The standard InChI is InChI=1S/C16H23N3O3.CH2O2/c1-12-14(3-2-4-17-12)7-19-6-13-5-18(9-16(20)21)8-15(19)11-22-10-13;2-1-3/h2-4,13,15H,5-11H2,1H3,(H,20,21);1H,(H,2,3)/t13-,15-;/m0./s1. The van der Waals surface area contributed by atoms with Crippen LogP contribution in [0.15, 0.2) is 18.3 Å². The number of hydrogen-bond donors (Lipinski definition) is 2. The molecule has 8 nitrogen and oxygen atoms in total. The van der Waals surface area contributed by atoms with Crippen LogP contribution in [-0.4, -0.2) is 82.9 Å². The van der Waals surface area contributed by atoms with Crippen molar-refractivity contribution < 1.29 is 24.5 Å². The third-order valence-corrected chi connectivity index (χ3v) is 4.51. The lowest BCUT2D eigenvalue weighted by Crippen LogP contribution is -2.45. The van der Waals surface area contributed by atoms with Gasteiger partial charge < -0.3 is 14.9 Å². The summed E-state index contributed by atoms with van der Waals surface area (Å²) in [6, 6.07) is 4.33. The molecule has 2 fully saturated rings. The number of aromatic nitrogens is 1. The summed E-state index contributed by atoms with van der Waals surface area (Å²) < 4.78 is 5.78. The monoisotopic (exact) mass is 351 g/mol. The van der Waals surface area contributed by atoms with Crippen LogP contribution >= 0.6 is 0 Å². The Kier molecular flexibility index (Phi) is 7.30. The smallest absolute Gasteiger partial charge is 0.317 e. The van der Waals surface area contributed by atoms with Crippen molar-refractivity contribution in [1.82, 2.24) is 14.8 Å². The Bertz CT molecular complexity index is 583. The largest absolute Gasteiger partial charge is 0.483 e. The number of carbonyl (C=O) groups is 2. The van der Waals surface area contributed by atoms with Gasteiger partial charge in [-0.3, -0.25) is 24.4 Å². The van der Waals surface area contributed by atoms with Gasteiger partial charge in [0.05, 0.1) is 19.8 Å². The Balaban J connectivity index is 0.000000701. The summed E-state index contributed by atoms with van der Waals surface area (Å²) in [7, 11) is 0. The molecule has 2 saturated heterocycles. The molecule has 2 N–H and O–H groups in total. The lowest BCUT2D eigenvalue weighted by Gasteiger charge is -2.30. The number of carboxylic acid groups (broad SMARTS) is 2. The van der Waals surface area contributed by atoms with Crippen molar-refractivity contribution in [3.63, 3.8) is 0 Å². The van der Waals surface area contributed by atoms with Crippen LogP contribution in [-0.2, 0) is 20.9 Å². The predicted octanol–water partition coefficient (Wildman–Crippen LogP) is 0.308. The van der Waals surface area contributed by atoms with E-state index >= 15 is 0 Å². The molecule has 0 amide bonds. The van der Waals surface area contributed by atoms with Gasteiger partial charge in [0.2, 0.25) is 0 Å². The number of aryl methyl sites for hydroxylation is 1. The fourth-order valence-corrected chi connectivity index (χ4v) is 3.44. The first-order chi connectivity index (χ1) is 12.0. The van der Waals surface area contributed by atoms with Crippen molar-refractivity contribution in [3.8, 4) is 0 Å². The average molecular weight is 351 g/mol. The molecule has 0 saturated carbocycles. The average Bonchev–Trinajstić information content (AvgIpc) is 2.80. The zero-order valence-corrected chi connectivity index (χ0v) is 14.4. The van der Waals surface area contributed by atoms with Crippen molar-refractivity contribution in [2.75, 3.05) is 39.4 Å². The molecule has 0 radical (unpaired) electrons. The molecule has 138 valence electrons. The summed E-state index contributed by atoms with van der Waals surface area (Å²) in [5.74, 6) is -0.389. The normalized spacial score (nSPS) is 23.9. The third-order valence-electron chi connectivity index (χ3n) is 4.51. The molecule has 0 aliphatic carbocycles. The van der Waals surface area contributed by atoms with Crippen LogP contribution in [0, 0.1) is 12.8 Å². The van der Waals surface area contributed by atoms with E-state index in [9.17, 15) is 4.79 Å². The van der Waals surface area contributed by atoms with Gasteiger partial charge in [0.25, 0.3) is 6.47 Å². The van der Waals surface area contributed by atoms with Crippen molar-refractivity contribution in [1.29, 1.82) is 0 Å². The van der Waals surface area contributed by atoms with E-state index in [1.54, 1.807) is 0 Å². The topological polar surface area (TPSA) is 103 Å². The quantitative estimate of drug-likeness (QED) is 0.747. The molecule has 2 aliphatic rings. The van der Waals surface area contributed by atoms with Crippen molar-refractivity contribution in [3.05, 3.63) is 29.6 Å². The van der Waals surface area contributed by atoms with E-state index in [-0.39, 0.29) is 19.1 Å². The number of ether oxygens (including phenoxy) is 1. The number of hydrogen-bond acceptors (Lipinski definition) is 6. The fraction of sp³-hybridized carbons (Fsp3) is 0.588. The third kappa shape index (κ3) is 5.77. The van der Waals surface area contributed by atoms with E-state index in [0.717, 1.165) is 38.5 Å². The highest BCUT2D eigenvalue weighted by Gasteiger charge is 2.33. The predicted molar refractivity (Wildman–Crippen MR) is 90.2 cm³/mol. The maximum atomic E-state index is 11.0. The molecule has 1 aromatic rings. The highest BCUT2D eigenvalue weighted by atomic mass is 16.5. The van der Waals surface area contributed by atoms with Crippen LogP contribution in [0.5, 0.6) is 0 Å². The molecule has 8 heteroatoms. The Morgan fingerprint density at radius 3 is 2.84 bits per heavy atom. The highest BCUT2D eigenvalue weighted by molar-refractivity contribution is 5.69. The van der Waals surface area contributed by atoms with Gasteiger partial charge in [0.15, 0.2) is 0 Å². The van der Waals surface area contributed by atoms with Gasteiger partial charge in [0, 0.05) is 50.0 Å².